The monoisotopic (exact) mass is 263 g/mol. The number of aryl methyl sites for hydroxylation is 2. The van der Waals surface area contributed by atoms with Gasteiger partial charge >= 0.3 is 12.1 Å². The lowest BCUT2D eigenvalue weighted by Crippen LogP contribution is -2.28. The highest BCUT2D eigenvalue weighted by Crippen LogP contribution is 2.24. The number of rotatable bonds is 3. The van der Waals surface area contributed by atoms with Crippen LogP contribution in [-0.4, -0.2) is 32.0 Å². The Morgan fingerprint density at radius 1 is 1.44 bits per heavy atom. The Morgan fingerprint density at radius 3 is 2.78 bits per heavy atom. The number of carbonyl (C=O) groups is 1. The van der Waals surface area contributed by atoms with Crippen LogP contribution in [0.3, 0.4) is 0 Å². The average molecular weight is 263 g/mol. The number of halogens is 3. The molecule has 18 heavy (non-hydrogen) atoms. The van der Waals surface area contributed by atoms with Crippen molar-refractivity contribution in [1.82, 2.24) is 14.8 Å². The van der Waals surface area contributed by atoms with Crippen LogP contribution in [0.5, 0.6) is 0 Å². The van der Waals surface area contributed by atoms with Crippen molar-refractivity contribution in [3.05, 3.63) is 11.6 Å². The summed E-state index contributed by atoms with van der Waals surface area (Å²) in [5.41, 5.74) is 0. The zero-order valence-corrected chi connectivity index (χ0v) is 9.44. The Hall–Kier alpha value is -1.60. The van der Waals surface area contributed by atoms with Gasteiger partial charge in [0, 0.05) is 19.4 Å². The second kappa shape index (κ2) is 4.58. The summed E-state index contributed by atoms with van der Waals surface area (Å²) in [5, 5.41) is 16.4. The molecule has 0 spiro atoms. The minimum Gasteiger partial charge on any atom is -0.481 e. The molecule has 1 aromatic heterocycles. The molecule has 1 aliphatic rings. The number of aromatic nitrogens is 3. The van der Waals surface area contributed by atoms with Gasteiger partial charge in [0.05, 0.1) is 12.3 Å². The molecule has 0 saturated heterocycles. The first-order valence-corrected chi connectivity index (χ1v) is 5.57. The van der Waals surface area contributed by atoms with Crippen molar-refractivity contribution in [2.24, 2.45) is 5.92 Å². The van der Waals surface area contributed by atoms with Crippen LogP contribution in [0.25, 0.3) is 0 Å². The summed E-state index contributed by atoms with van der Waals surface area (Å²) in [7, 11) is 0. The lowest BCUT2D eigenvalue weighted by molar-refractivity contribution is -0.143. The topological polar surface area (TPSA) is 68.0 Å². The predicted octanol–water partition coefficient (Wildman–Crippen LogP) is 1.42. The first-order valence-electron chi connectivity index (χ1n) is 5.57. The molecule has 0 bridgehead atoms. The van der Waals surface area contributed by atoms with Gasteiger partial charge in [-0.3, -0.25) is 4.79 Å². The molecule has 1 unspecified atom stereocenters. The first kappa shape index (κ1) is 12.8. The fourth-order valence-corrected chi connectivity index (χ4v) is 2.02. The normalized spacial score (nSPS) is 19.6. The Kier molecular flexibility index (Phi) is 3.27. The van der Waals surface area contributed by atoms with E-state index in [9.17, 15) is 18.0 Å². The molecule has 1 atom stereocenters. The highest BCUT2D eigenvalue weighted by atomic mass is 19.4. The first-order chi connectivity index (χ1) is 8.37. The van der Waals surface area contributed by atoms with E-state index in [2.05, 4.69) is 10.2 Å². The molecule has 0 radical (unpaired) electrons. The standard InChI is InChI=1S/C10H12F3N3O2/c11-10(12,13)4-3-8-15-14-7-2-1-6(9(17)18)5-16(7)8/h6H,1-5H2,(H,17,18). The van der Waals surface area contributed by atoms with Crippen molar-refractivity contribution in [3.63, 3.8) is 0 Å². The van der Waals surface area contributed by atoms with E-state index in [1.54, 1.807) is 0 Å². The summed E-state index contributed by atoms with van der Waals surface area (Å²) < 4.78 is 37.9. The number of nitrogens with zero attached hydrogens (tertiary/aromatic N) is 3. The van der Waals surface area contributed by atoms with Crippen LogP contribution in [0.2, 0.25) is 0 Å². The van der Waals surface area contributed by atoms with E-state index >= 15 is 0 Å². The third-order valence-electron chi connectivity index (χ3n) is 3.00. The molecule has 100 valence electrons. The van der Waals surface area contributed by atoms with Gasteiger partial charge in [0.2, 0.25) is 0 Å². The van der Waals surface area contributed by atoms with Gasteiger partial charge in [0.25, 0.3) is 0 Å². The van der Waals surface area contributed by atoms with Gasteiger partial charge in [-0.1, -0.05) is 0 Å². The molecule has 2 rings (SSSR count). The Labute approximate surface area is 101 Å². The van der Waals surface area contributed by atoms with Crippen LogP contribution in [-0.2, 0) is 24.2 Å². The molecule has 0 aliphatic carbocycles. The molecular formula is C10H12F3N3O2. The highest BCUT2D eigenvalue weighted by Gasteiger charge is 2.30. The van der Waals surface area contributed by atoms with Crippen molar-refractivity contribution in [1.29, 1.82) is 0 Å². The van der Waals surface area contributed by atoms with Crippen LogP contribution >= 0.6 is 0 Å². The summed E-state index contributed by atoms with van der Waals surface area (Å²) in [6.45, 7) is 0.158. The van der Waals surface area contributed by atoms with Crippen molar-refractivity contribution < 1.29 is 23.1 Å². The molecule has 0 fully saturated rings. The molecular weight excluding hydrogens is 251 g/mol. The number of hydrogen-bond donors (Lipinski definition) is 1. The fourth-order valence-electron chi connectivity index (χ4n) is 2.02. The number of aliphatic carboxylic acids is 1. The summed E-state index contributed by atoms with van der Waals surface area (Å²) in [6.07, 6.45) is -4.58. The van der Waals surface area contributed by atoms with E-state index in [4.69, 9.17) is 5.11 Å². The lowest BCUT2D eigenvalue weighted by Gasteiger charge is -2.21. The van der Waals surface area contributed by atoms with Crippen LogP contribution < -0.4 is 0 Å². The minimum absolute atomic E-state index is 0.158. The summed E-state index contributed by atoms with van der Waals surface area (Å²) in [5.74, 6) is -0.716. The van der Waals surface area contributed by atoms with E-state index in [-0.39, 0.29) is 18.8 Å². The van der Waals surface area contributed by atoms with Crippen molar-refractivity contribution in [3.8, 4) is 0 Å². The number of hydrogen-bond acceptors (Lipinski definition) is 3. The maximum absolute atomic E-state index is 12.1. The van der Waals surface area contributed by atoms with E-state index in [0.29, 0.717) is 18.7 Å². The van der Waals surface area contributed by atoms with Gasteiger partial charge < -0.3 is 9.67 Å². The molecule has 5 nitrogen and oxygen atoms in total. The molecule has 0 saturated carbocycles. The van der Waals surface area contributed by atoms with Gasteiger partial charge in [-0.25, -0.2) is 0 Å². The molecule has 0 aromatic carbocycles. The van der Waals surface area contributed by atoms with Crippen LogP contribution in [0.15, 0.2) is 0 Å². The number of carboxylic acids is 1. The Balaban J connectivity index is 2.11. The van der Waals surface area contributed by atoms with E-state index < -0.39 is 24.5 Å². The molecule has 2 heterocycles. The van der Waals surface area contributed by atoms with Gasteiger partial charge in [0.1, 0.15) is 11.6 Å². The van der Waals surface area contributed by atoms with Gasteiger partial charge in [-0.2, -0.15) is 13.2 Å². The van der Waals surface area contributed by atoms with Gasteiger partial charge in [-0.05, 0) is 6.42 Å². The largest absolute Gasteiger partial charge is 0.481 e. The summed E-state index contributed by atoms with van der Waals surface area (Å²) in [6, 6.07) is 0. The van der Waals surface area contributed by atoms with E-state index in [1.165, 1.54) is 4.57 Å². The lowest BCUT2D eigenvalue weighted by atomic mass is 9.99. The quantitative estimate of drug-likeness (QED) is 0.895. The Morgan fingerprint density at radius 2 is 2.17 bits per heavy atom. The number of fused-ring (bicyclic) bond motifs is 1. The third-order valence-corrected chi connectivity index (χ3v) is 3.00. The second-order valence-electron chi connectivity index (χ2n) is 4.33. The van der Waals surface area contributed by atoms with Crippen molar-refractivity contribution in [2.75, 3.05) is 0 Å². The maximum atomic E-state index is 12.1. The summed E-state index contributed by atoms with van der Waals surface area (Å²) >= 11 is 0. The van der Waals surface area contributed by atoms with Crippen molar-refractivity contribution >= 4 is 5.97 Å². The predicted molar refractivity (Wildman–Crippen MR) is 53.8 cm³/mol. The zero-order valence-electron chi connectivity index (χ0n) is 9.44. The number of carboxylic acid groups (broad SMARTS) is 1. The van der Waals surface area contributed by atoms with Crippen LogP contribution in [0, 0.1) is 5.92 Å². The summed E-state index contributed by atoms with van der Waals surface area (Å²) in [4.78, 5) is 10.9. The molecule has 1 aliphatic heterocycles. The molecule has 1 N–H and O–H groups in total. The average Bonchev–Trinajstić information content (AvgIpc) is 2.67. The second-order valence-corrected chi connectivity index (χ2v) is 4.33. The third kappa shape index (κ3) is 2.80. The highest BCUT2D eigenvalue weighted by molar-refractivity contribution is 5.70. The maximum Gasteiger partial charge on any atom is 0.389 e. The van der Waals surface area contributed by atoms with Crippen molar-refractivity contribution in [2.45, 2.75) is 38.4 Å². The van der Waals surface area contributed by atoms with Crippen LogP contribution in [0.1, 0.15) is 24.5 Å². The SMILES string of the molecule is O=C(O)C1CCc2nnc(CCC(F)(F)F)n2C1. The minimum atomic E-state index is -4.24. The van der Waals surface area contributed by atoms with E-state index in [1.807, 2.05) is 0 Å². The van der Waals surface area contributed by atoms with E-state index in [0.717, 1.165) is 0 Å². The molecule has 1 aromatic rings. The smallest absolute Gasteiger partial charge is 0.389 e. The van der Waals surface area contributed by atoms with Gasteiger partial charge in [0.15, 0.2) is 0 Å². The molecule has 0 amide bonds. The van der Waals surface area contributed by atoms with Crippen LogP contribution in [0.4, 0.5) is 13.2 Å². The number of alkyl halides is 3. The molecule has 8 heteroatoms. The fraction of sp³-hybridized carbons (Fsp3) is 0.700. The van der Waals surface area contributed by atoms with Gasteiger partial charge in [-0.15, -0.1) is 10.2 Å². The Bertz CT molecular complexity index is 456. The zero-order chi connectivity index (χ0) is 13.3.